The molecule has 0 aromatic heterocycles. The lowest BCUT2D eigenvalue weighted by atomic mass is 10.0. The van der Waals surface area contributed by atoms with Crippen molar-refractivity contribution in [2.24, 2.45) is 0 Å². The number of aryl methyl sites for hydroxylation is 1. The Kier molecular flexibility index (Phi) is 7.91. The number of benzene rings is 2. The number of ether oxygens (including phenoxy) is 2. The van der Waals surface area contributed by atoms with Crippen LogP contribution in [-0.2, 0) is 10.5 Å². The lowest BCUT2D eigenvalue weighted by molar-refractivity contribution is -0.119. The van der Waals surface area contributed by atoms with Gasteiger partial charge in [0.1, 0.15) is 0 Å². The summed E-state index contributed by atoms with van der Waals surface area (Å²) >= 11 is 1.44. The molecule has 7 heteroatoms. The lowest BCUT2D eigenvalue weighted by Gasteiger charge is -2.16. The van der Waals surface area contributed by atoms with Gasteiger partial charge in [0.15, 0.2) is 11.5 Å². The fourth-order valence-corrected chi connectivity index (χ4v) is 3.48. The van der Waals surface area contributed by atoms with Crippen LogP contribution in [0.25, 0.3) is 0 Å². The number of carbonyl (C=O) groups is 1. The molecule has 2 rings (SSSR count). The van der Waals surface area contributed by atoms with Crippen molar-refractivity contribution < 1.29 is 23.0 Å². The summed E-state index contributed by atoms with van der Waals surface area (Å²) in [5.74, 6) is 1.03. The molecule has 1 N–H and O–H groups in total. The van der Waals surface area contributed by atoms with E-state index in [0.717, 1.165) is 16.7 Å². The van der Waals surface area contributed by atoms with Crippen LogP contribution in [-0.4, -0.2) is 25.4 Å². The number of methoxy groups -OCH3 is 1. The van der Waals surface area contributed by atoms with E-state index in [-0.39, 0.29) is 23.4 Å². The van der Waals surface area contributed by atoms with Gasteiger partial charge in [-0.1, -0.05) is 30.3 Å². The number of carbonyl (C=O) groups excluding carboxylic acids is 1. The molecule has 0 heterocycles. The van der Waals surface area contributed by atoms with Crippen molar-refractivity contribution in [3.8, 4) is 11.5 Å². The van der Waals surface area contributed by atoms with Crippen LogP contribution in [0.3, 0.4) is 0 Å². The monoisotopic (exact) mass is 395 g/mol. The van der Waals surface area contributed by atoms with Crippen molar-refractivity contribution in [2.75, 3.05) is 12.9 Å². The van der Waals surface area contributed by atoms with Gasteiger partial charge in [-0.3, -0.25) is 4.79 Å². The summed E-state index contributed by atoms with van der Waals surface area (Å²) in [7, 11) is 1.39. The minimum absolute atomic E-state index is 0.00829. The molecule has 146 valence electrons. The third-order valence-electron chi connectivity index (χ3n) is 3.98. The third kappa shape index (κ3) is 6.43. The second-order valence-electron chi connectivity index (χ2n) is 6.00. The number of halogens is 2. The van der Waals surface area contributed by atoms with Crippen molar-refractivity contribution in [1.29, 1.82) is 0 Å². The summed E-state index contributed by atoms with van der Waals surface area (Å²) in [6.45, 7) is 1.07. The Bertz CT molecular complexity index is 771. The van der Waals surface area contributed by atoms with E-state index in [1.54, 1.807) is 12.1 Å². The second-order valence-corrected chi connectivity index (χ2v) is 6.99. The molecule has 0 saturated heterocycles. The number of thioether (sulfide) groups is 1. The summed E-state index contributed by atoms with van der Waals surface area (Å²) in [6, 6.07) is 12.6. The molecule has 0 bridgehead atoms. The predicted molar refractivity (Wildman–Crippen MR) is 104 cm³/mol. The van der Waals surface area contributed by atoms with Gasteiger partial charge in [-0.05, 0) is 42.7 Å². The molecule has 1 amide bonds. The van der Waals surface area contributed by atoms with Crippen LogP contribution in [0, 0.1) is 6.92 Å². The maximum Gasteiger partial charge on any atom is 0.387 e. The number of nitrogens with one attached hydrogen (secondary N) is 1. The first-order valence-corrected chi connectivity index (χ1v) is 9.60. The predicted octanol–water partition coefficient (Wildman–Crippen LogP) is 4.72. The van der Waals surface area contributed by atoms with E-state index in [2.05, 4.69) is 10.1 Å². The Morgan fingerprint density at radius 2 is 1.93 bits per heavy atom. The third-order valence-corrected chi connectivity index (χ3v) is 4.98. The van der Waals surface area contributed by atoms with E-state index in [1.807, 2.05) is 38.1 Å². The molecule has 0 radical (unpaired) electrons. The Balaban J connectivity index is 1.85. The number of alkyl halides is 2. The zero-order valence-electron chi connectivity index (χ0n) is 15.5. The highest BCUT2D eigenvalue weighted by Gasteiger charge is 2.13. The molecule has 0 aliphatic carbocycles. The quantitative estimate of drug-likeness (QED) is 0.668. The van der Waals surface area contributed by atoms with Gasteiger partial charge in [-0.25, -0.2) is 0 Å². The Morgan fingerprint density at radius 3 is 2.59 bits per heavy atom. The lowest BCUT2D eigenvalue weighted by Crippen LogP contribution is -2.28. The molecule has 0 saturated carbocycles. The molecule has 0 fully saturated rings. The molecule has 4 nitrogen and oxygen atoms in total. The van der Waals surface area contributed by atoms with E-state index in [1.165, 1.54) is 24.9 Å². The highest BCUT2D eigenvalue weighted by molar-refractivity contribution is 7.99. The SMILES string of the molecule is COc1cc(CSCC(=O)NC(C)c2ccccc2C)ccc1OC(F)F. The molecular formula is C20H23F2NO3S. The summed E-state index contributed by atoms with van der Waals surface area (Å²) < 4.78 is 34.2. The smallest absolute Gasteiger partial charge is 0.387 e. The van der Waals surface area contributed by atoms with E-state index < -0.39 is 6.61 Å². The van der Waals surface area contributed by atoms with Gasteiger partial charge < -0.3 is 14.8 Å². The summed E-state index contributed by atoms with van der Waals surface area (Å²) in [5, 5.41) is 2.99. The standard InChI is InChI=1S/C20H23F2NO3S/c1-13-6-4-5-7-16(13)14(2)23-19(24)12-27-11-15-8-9-17(26-20(21)22)18(10-15)25-3/h4-10,14,20H,11-12H2,1-3H3,(H,23,24). The summed E-state index contributed by atoms with van der Waals surface area (Å²) in [4.78, 5) is 12.2. The van der Waals surface area contributed by atoms with Gasteiger partial charge in [0.05, 0.1) is 18.9 Å². The maximum atomic E-state index is 12.4. The van der Waals surface area contributed by atoms with Crippen molar-refractivity contribution in [3.05, 3.63) is 59.2 Å². The van der Waals surface area contributed by atoms with E-state index >= 15 is 0 Å². The van der Waals surface area contributed by atoms with Gasteiger partial charge in [0.25, 0.3) is 0 Å². The van der Waals surface area contributed by atoms with Gasteiger partial charge in [0.2, 0.25) is 5.91 Å². The largest absolute Gasteiger partial charge is 0.493 e. The highest BCUT2D eigenvalue weighted by Crippen LogP contribution is 2.30. The van der Waals surface area contributed by atoms with Crippen molar-refractivity contribution in [1.82, 2.24) is 5.32 Å². The van der Waals surface area contributed by atoms with Crippen LogP contribution in [0.1, 0.15) is 29.7 Å². The first-order chi connectivity index (χ1) is 12.9. The van der Waals surface area contributed by atoms with Gasteiger partial charge in [-0.15, -0.1) is 11.8 Å². The zero-order valence-corrected chi connectivity index (χ0v) is 16.3. The van der Waals surface area contributed by atoms with Gasteiger partial charge in [0, 0.05) is 5.75 Å². The Hall–Kier alpha value is -2.28. The fraction of sp³-hybridized carbons (Fsp3) is 0.350. The van der Waals surface area contributed by atoms with Crippen LogP contribution in [0.4, 0.5) is 8.78 Å². The van der Waals surface area contributed by atoms with Gasteiger partial charge >= 0.3 is 6.61 Å². The molecule has 0 spiro atoms. The second kappa shape index (κ2) is 10.2. The van der Waals surface area contributed by atoms with Crippen LogP contribution < -0.4 is 14.8 Å². The van der Waals surface area contributed by atoms with Crippen molar-refractivity contribution in [2.45, 2.75) is 32.3 Å². The first-order valence-electron chi connectivity index (χ1n) is 8.45. The number of hydrogen-bond donors (Lipinski definition) is 1. The average Bonchev–Trinajstić information content (AvgIpc) is 2.62. The van der Waals surface area contributed by atoms with Crippen LogP contribution >= 0.6 is 11.8 Å². The van der Waals surface area contributed by atoms with Crippen LogP contribution in [0.5, 0.6) is 11.5 Å². The Morgan fingerprint density at radius 1 is 1.19 bits per heavy atom. The van der Waals surface area contributed by atoms with Crippen molar-refractivity contribution in [3.63, 3.8) is 0 Å². The molecule has 27 heavy (non-hydrogen) atoms. The fourth-order valence-electron chi connectivity index (χ4n) is 2.69. The summed E-state index contributed by atoms with van der Waals surface area (Å²) in [5.41, 5.74) is 3.09. The Labute approximate surface area is 162 Å². The topological polar surface area (TPSA) is 47.6 Å². The van der Waals surface area contributed by atoms with Crippen LogP contribution in [0.2, 0.25) is 0 Å². The number of amides is 1. The highest BCUT2D eigenvalue weighted by atomic mass is 32.2. The maximum absolute atomic E-state index is 12.4. The minimum atomic E-state index is -2.90. The number of hydrogen-bond acceptors (Lipinski definition) is 4. The molecule has 2 aromatic rings. The number of rotatable bonds is 9. The molecule has 2 aromatic carbocycles. The van der Waals surface area contributed by atoms with E-state index in [0.29, 0.717) is 11.5 Å². The molecule has 0 aliphatic rings. The molecule has 0 aliphatic heterocycles. The molecular weight excluding hydrogens is 372 g/mol. The van der Waals surface area contributed by atoms with Crippen molar-refractivity contribution >= 4 is 17.7 Å². The van der Waals surface area contributed by atoms with Crippen LogP contribution in [0.15, 0.2) is 42.5 Å². The summed E-state index contributed by atoms with van der Waals surface area (Å²) in [6.07, 6.45) is 0. The zero-order chi connectivity index (χ0) is 19.8. The average molecular weight is 395 g/mol. The van der Waals surface area contributed by atoms with E-state index in [4.69, 9.17) is 4.74 Å². The molecule has 1 unspecified atom stereocenters. The first kappa shape index (κ1) is 21.0. The minimum Gasteiger partial charge on any atom is -0.493 e. The normalized spacial score (nSPS) is 11.9. The molecule has 1 atom stereocenters. The van der Waals surface area contributed by atoms with Gasteiger partial charge in [-0.2, -0.15) is 8.78 Å². The van der Waals surface area contributed by atoms with E-state index in [9.17, 15) is 13.6 Å².